The molecule has 2 atom stereocenters. The van der Waals surface area contributed by atoms with Gasteiger partial charge in [0, 0.05) is 6.20 Å². The zero-order valence-electron chi connectivity index (χ0n) is 10.2. The number of nitrogens with one attached hydrogen (secondary N) is 1. The summed E-state index contributed by atoms with van der Waals surface area (Å²) in [5.74, 6) is -2.09. The zero-order valence-corrected chi connectivity index (χ0v) is 11.0. The van der Waals surface area contributed by atoms with Crippen molar-refractivity contribution >= 4 is 16.0 Å². The summed E-state index contributed by atoms with van der Waals surface area (Å²) in [5.41, 5.74) is -0.245. The number of nitriles is 1. The topological polar surface area (TPSA) is 129 Å². The fraction of sp³-hybridized carbons (Fsp3) is 0.364. The van der Waals surface area contributed by atoms with Crippen LogP contribution >= 0.6 is 0 Å². The quantitative estimate of drug-likeness (QED) is 0.753. The van der Waals surface area contributed by atoms with Crippen LogP contribution in [0, 0.1) is 17.2 Å². The molecule has 2 N–H and O–H groups in total. The van der Waals surface area contributed by atoms with E-state index >= 15 is 0 Å². The number of sulfonamides is 1. The number of pyridine rings is 1. The van der Waals surface area contributed by atoms with Gasteiger partial charge in [0.15, 0.2) is 5.69 Å². The van der Waals surface area contributed by atoms with Crippen LogP contribution in [0.5, 0.6) is 0 Å². The highest BCUT2D eigenvalue weighted by Gasteiger charge is 2.37. The first-order valence-corrected chi connectivity index (χ1v) is 7.12. The summed E-state index contributed by atoms with van der Waals surface area (Å²) in [4.78, 5) is 14.4. The Morgan fingerprint density at radius 1 is 1.55 bits per heavy atom. The van der Waals surface area contributed by atoms with Gasteiger partial charge < -0.3 is 9.84 Å². The summed E-state index contributed by atoms with van der Waals surface area (Å²) >= 11 is 0. The Morgan fingerprint density at radius 3 is 2.95 bits per heavy atom. The summed E-state index contributed by atoms with van der Waals surface area (Å²) in [5, 5.41) is 17.8. The predicted octanol–water partition coefficient (Wildman–Crippen LogP) is -0.669. The number of nitrogens with zero attached hydrogens (tertiary/aromatic N) is 2. The lowest BCUT2D eigenvalue weighted by Crippen LogP contribution is -2.42. The molecule has 1 aromatic heterocycles. The first-order valence-electron chi connectivity index (χ1n) is 5.63. The number of carboxylic acid groups (broad SMARTS) is 1. The van der Waals surface area contributed by atoms with Gasteiger partial charge in [-0.15, -0.1) is 0 Å². The highest BCUT2D eigenvalue weighted by atomic mass is 32.2. The fourth-order valence-corrected chi connectivity index (χ4v) is 3.24. The minimum atomic E-state index is -4.03. The maximum absolute atomic E-state index is 12.2. The van der Waals surface area contributed by atoms with Gasteiger partial charge in [0.2, 0.25) is 10.0 Å². The molecule has 2 unspecified atom stereocenters. The van der Waals surface area contributed by atoms with Gasteiger partial charge in [0.05, 0.1) is 25.2 Å². The van der Waals surface area contributed by atoms with E-state index in [-0.39, 0.29) is 23.8 Å². The van der Waals surface area contributed by atoms with E-state index in [1.54, 1.807) is 6.07 Å². The number of rotatable bonds is 4. The molecule has 0 saturated carbocycles. The first kappa shape index (κ1) is 14.4. The Morgan fingerprint density at radius 2 is 2.30 bits per heavy atom. The SMILES string of the molecule is N#Cc1ncccc1S(=O)(=O)NC1COCC1C(=O)O. The van der Waals surface area contributed by atoms with Crippen LogP contribution in [-0.2, 0) is 19.6 Å². The van der Waals surface area contributed by atoms with Crippen molar-refractivity contribution in [1.82, 2.24) is 9.71 Å². The lowest BCUT2D eigenvalue weighted by atomic mass is 10.1. The number of hydrogen-bond donors (Lipinski definition) is 2. The molecule has 0 spiro atoms. The second kappa shape index (κ2) is 5.54. The Bertz CT molecular complexity index is 667. The minimum Gasteiger partial charge on any atom is -0.481 e. The lowest BCUT2D eigenvalue weighted by molar-refractivity contribution is -0.142. The number of ether oxygens (including phenoxy) is 1. The molecular weight excluding hydrogens is 286 g/mol. The highest BCUT2D eigenvalue weighted by Crippen LogP contribution is 2.18. The predicted molar refractivity (Wildman–Crippen MR) is 65.0 cm³/mol. The van der Waals surface area contributed by atoms with E-state index in [1.807, 2.05) is 0 Å². The van der Waals surface area contributed by atoms with Gasteiger partial charge in [0.1, 0.15) is 11.0 Å². The molecule has 1 fully saturated rings. The van der Waals surface area contributed by atoms with Gasteiger partial charge in [0.25, 0.3) is 0 Å². The molecule has 8 nitrogen and oxygen atoms in total. The Labute approximate surface area is 115 Å². The molecule has 9 heteroatoms. The van der Waals surface area contributed by atoms with Crippen molar-refractivity contribution in [3.63, 3.8) is 0 Å². The molecule has 2 rings (SSSR count). The number of aliphatic carboxylic acids is 1. The molecule has 0 amide bonds. The van der Waals surface area contributed by atoms with Crippen molar-refractivity contribution in [1.29, 1.82) is 5.26 Å². The maximum atomic E-state index is 12.2. The third kappa shape index (κ3) is 2.77. The van der Waals surface area contributed by atoms with Crippen LogP contribution < -0.4 is 4.72 Å². The Balaban J connectivity index is 2.28. The van der Waals surface area contributed by atoms with Crippen molar-refractivity contribution in [2.75, 3.05) is 13.2 Å². The summed E-state index contributed by atoms with van der Waals surface area (Å²) < 4.78 is 31.6. The second-order valence-electron chi connectivity index (χ2n) is 4.17. The summed E-state index contributed by atoms with van der Waals surface area (Å²) in [7, 11) is -4.03. The average Bonchev–Trinajstić information content (AvgIpc) is 2.86. The Kier molecular flexibility index (Phi) is 3.99. The van der Waals surface area contributed by atoms with Crippen LogP contribution in [0.2, 0.25) is 0 Å². The molecular formula is C11H11N3O5S. The van der Waals surface area contributed by atoms with E-state index in [0.29, 0.717) is 0 Å². The molecule has 1 saturated heterocycles. The van der Waals surface area contributed by atoms with Crippen LogP contribution in [0.3, 0.4) is 0 Å². The van der Waals surface area contributed by atoms with Crippen molar-refractivity contribution < 1.29 is 23.1 Å². The summed E-state index contributed by atoms with van der Waals surface area (Å²) in [6.45, 7) is -0.0843. The highest BCUT2D eigenvalue weighted by molar-refractivity contribution is 7.89. The van der Waals surface area contributed by atoms with E-state index in [0.717, 1.165) is 0 Å². The van der Waals surface area contributed by atoms with Gasteiger partial charge in [-0.1, -0.05) is 0 Å². The molecule has 0 aliphatic carbocycles. The van der Waals surface area contributed by atoms with Crippen LogP contribution in [0.1, 0.15) is 5.69 Å². The second-order valence-corrected chi connectivity index (χ2v) is 5.85. The number of aromatic nitrogens is 1. The minimum absolute atomic E-state index is 0.0294. The summed E-state index contributed by atoms with van der Waals surface area (Å²) in [6, 6.07) is 3.43. The molecule has 0 bridgehead atoms. The number of hydrogen-bond acceptors (Lipinski definition) is 6. The molecule has 1 aromatic rings. The summed E-state index contributed by atoms with van der Waals surface area (Å²) in [6.07, 6.45) is 1.30. The zero-order chi connectivity index (χ0) is 14.8. The van der Waals surface area contributed by atoms with E-state index < -0.39 is 28.0 Å². The third-order valence-electron chi connectivity index (χ3n) is 2.87. The van der Waals surface area contributed by atoms with E-state index in [9.17, 15) is 13.2 Å². The van der Waals surface area contributed by atoms with Gasteiger partial charge in [-0.05, 0) is 12.1 Å². The van der Waals surface area contributed by atoms with E-state index in [2.05, 4.69) is 9.71 Å². The van der Waals surface area contributed by atoms with Gasteiger partial charge in [-0.25, -0.2) is 18.1 Å². The number of carbonyl (C=O) groups is 1. The monoisotopic (exact) mass is 297 g/mol. The van der Waals surface area contributed by atoms with Crippen molar-refractivity contribution in [2.24, 2.45) is 5.92 Å². The average molecular weight is 297 g/mol. The van der Waals surface area contributed by atoms with Gasteiger partial charge in [-0.2, -0.15) is 5.26 Å². The largest absolute Gasteiger partial charge is 0.481 e. The fourth-order valence-electron chi connectivity index (χ4n) is 1.87. The smallest absolute Gasteiger partial charge is 0.310 e. The van der Waals surface area contributed by atoms with Crippen molar-refractivity contribution in [3.05, 3.63) is 24.0 Å². The van der Waals surface area contributed by atoms with E-state index in [4.69, 9.17) is 15.1 Å². The molecule has 106 valence electrons. The number of carboxylic acids is 1. The van der Waals surface area contributed by atoms with Crippen LogP contribution in [-0.4, -0.2) is 43.7 Å². The van der Waals surface area contributed by atoms with Gasteiger partial charge >= 0.3 is 5.97 Å². The molecule has 20 heavy (non-hydrogen) atoms. The molecule has 1 aliphatic rings. The van der Waals surface area contributed by atoms with Crippen LogP contribution in [0.25, 0.3) is 0 Å². The maximum Gasteiger partial charge on any atom is 0.310 e. The molecule has 0 aromatic carbocycles. The Hall–Kier alpha value is -2.02. The lowest BCUT2D eigenvalue weighted by Gasteiger charge is -2.16. The van der Waals surface area contributed by atoms with Gasteiger partial charge in [-0.3, -0.25) is 4.79 Å². The van der Waals surface area contributed by atoms with E-state index in [1.165, 1.54) is 18.3 Å². The first-order chi connectivity index (χ1) is 9.45. The molecule has 0 radical (unpaired) electrons. The third-order valence-corrected chi connectivity index (χ3v) is 4.39. The van der Waals surface area contributed by atoms with Crippen molar-refractivity contribution in [3.8, 4) is 6.07 Å². The van der Waals surface area contributed by atoms with Crippen molar-refractivity contribution in [2.45, 2.75) is 10.9 Å². The molecule has 1 aliphatic heterocycles. The van der Waals surface area contributed by atoms with Crippen LogP contribution in [0.15, 0.2) is 23.2 Å². The van der Waals surface area contributed by atoms with Crippen LogP contribution in [0.4, 0.5) is 0 Å². The molecule has 2 heterocycles. The normalized spacial score (nSPS) is 22.4. The standard InChI is InChI=1S/C11H11N3O5S/c12-4-8-10(2-1-3-13-8)20(17,18)14-9-6-19-5-7(9)11(15)16/h1-3,7,9,14H,5-6H2,(H,15,16).